The number of carbonyl (C=O) groups is 1. The van der Waals surface area contributed by atoms with Crippen molar-refractivity contribution < 1.29 is 35.3 Å². The topological polar surface area (TPSA) is 69.7 Å². The molecule has 30 heavy (non-hydrogen) atoms. The molecule has 2 aromatic rings. The van der Waals surface area contributed by atoms with Gasteiger partial charge in [-0.15, -0.1) is 0 Å². The summed E-state index contributed by atoms with van der Waals surface area (Å²) in [6, 6.07) is 12.0. The van der Waals surface area contributed by atoms with Gasteiger partial charge in [0.2, 0.25) is 0 Å². The van der Waals surface area contributed by atoms with Crippen LogP contribution in [0.5, 0.6) is 0 Å². The van der Waals surface area contributed by atoms with Gasteiger partial charge in [0.25, 0.3) is 0 Å². The van der Waals surface area contributed by atoms with Crippen LogP contribution >= 0.6 is 0 Å². The summed E-state index contributed by atoms with van der Waals surface area (Å²) in [6.45, 7) is 1.93. The van der Waals surface area contributed by atoms with Gasteiger partial charge in [-0.2, -0.15) is 21.6 Å². The van der Waals surface area contributed by atoms with Crippen LogP contribution in [0.3, 0.4) is 0 Å². The third-order valence-corrected chi connectivity index (χ3v) is 5.25. The monoisotopic (exact) mass is 438 g/mol. The van der Waals surface area contributed by atoms with E-state index in [0.29, 0.717) is 22.3 Å². The highest BCUT2D eigenvalue weighted by Crippen LogP contribution is 2.40. The standard InChI is InChI=1S/C21H17F3O5S/c1-2-28-19(25)12-9-14-5-3-7-16(13-14)17-8-4-6-15-10-11-18(20(15)17)29-30(26,27)21(22,23)24/h3-9,11-13H,2,10H2,1H3/b12-9+. The predicted molar refractivity (Wildman–Crippen MR) is 105 cm³/mol. The van der Waals surface area contributed by atoms with Crippen LogP contribution in [0.4, 0.5) is 13.2 Å². The van der Waals surface area contributed by atoms with Crippen LogP contribution < -0.4 is 0 Å². The average Bonchev–Trinajstić information content (AvgIpc) is 3.08. The second-order valence-electron chi connectivity index (χ2n) is 6.31. The Balaban J connectivity index is 1.97. The summed E-state index contributed by atoms with van der Waals surface area (Å²) in [5, 5.41) is 0. The summed E-state index contributed by atoms with van der Waals surface area (Å²) >= 11 is 0. The van der Waals surface area contributed by atoms with Gasteiger partial charge in [-0.25, -0.2) is 4.79 Å². The number of esters is 1. The molecule has 9 heteroatoms. The molecule has 0 heterocycles. The van der Waals surface area contributed by atoms with Crippen molar-refractivity contribution >= 4 is 27.9 Å². The van der Waals surface area contributed by atoms with Crippen molar-refractivity contribution in [3.05, 3.63) is 71.3 Å². The minimum Gasteiger partial charge on any atom is -0.463 e. The highest BCUT2D eigenvalue weighted by atomic mass is 32.2. The van der Waals surface area contributed by atoms with Gasteiger partial charge in [0.15, 0.2) is 0 Å². The van der Waals surface area contributed by atoms with Gasteiger partial charge in [-0.1, -0.05) is 36.4 Å². The summed E-state index contributed by atoms with van der Waals surface area (Å²) < 4.78 is 70.5. The van der Waals surface area contributed by atoms with Crippen molar-refractivity contribution in [3.63, 3.8) is 0 Å². The van der Waals surface area contributed by atoms with Crippen molar-refractivity contribution in [2.75, 3.05) is 6.61 Å². The Morgan fingerprint density at radius 1 is 1.17 bits per heavy atom. The van der Waals surface area contributed by atoms with E-state index in [2.05, 4.69) is 4.18 Å². The number of carbonyl (C=O) groups excluding carboxylic acids is 1. The van der Waals surface area contributed by atoms with Crippen LogP contribution in [0, 0.1) is 0 Å². The zero-order valence-corrected chi connectivity index (χ0v) is 16.6. The molecule has 0 unspecified atom stereocenters. The van der Waals surface area contributed by atoms with Crippen molar-refractivity contribution in [2.24, 2.45) is 0 Å². The van der Waals surface area contributed by atoms with Crippen LogP contribution in [-0.4, -0.2) is 26.5 Å². The Bertz CT molecular complexity index is 1130. The first-order valence-corrected chi connectivity index (χ1v) is 10.3. The highest BCUT2D eigenvalue weighted by Gasteiger charge is 2.49. The fraction of sp³-hybridized carbons (Fsp3) is 0.190. The minimum absolute atomic E-state index is 0.244. The molecule has 3 rings (SSSR count). The summed E-state index contributed by atoms with van der Waals surface area (Å²) in [4.78, 5) is 11.5. The zero-order valence-electron chi connectivity index (χ0n) is 15.8. The second-order valence-corrected chi connectivity index (χ2v) is 7.84. The molecule has 0 atom stereocenters. The van der Waals surface area contributed by atoms with E-state index in [1.807, 2.05) is 0 Å². The number of fused-ring (bicyclic) bond motifs is 1. The lowest BCUT2D eigenvalue weighted by molar-refractivity contribution is -0.137. The lowest BCUT2D eigenvalue weighted by atomic mass is 9.95. The summed E-state index contributed by atoms with van der Waals surface area (Å²) in [5.74, 6) is -0.857. The van der Waals surface area contributed by atoms with Gasteiger partial charge in [-0.05, 0) is 53.8 Å². The summed E-state index contributed by atoms with van der Waals surface area (Å²) in [5.41, 5.74) is -2.79. The van der Waals surface area contributed by atoms with E-state index in [0.717, 1.165) is 0 Å². The largest absolute Gasteiger partial charge is 0.534 e. The van der Waals surface area contributed by atoms with Crippen LogP contribution in [0.1, 0.15) is 23.6 Å². The Morgan fingerprint density at radius 3 is 2.60 bits per heavy atom. The molecular formula is C21H17F3O5S. The van der Waals surface area contributed by atoms with Crippen LogP contribution in [0.15, 0.2) is 54.6 Å². The van der Waals surface area contributed by atoms with Gasteiger partial charge >= 0.3 is 21.6 Å². The second kappa shape index (κ2) is 8.35. The van der Waals surface area contributed by atoms with E-state index in [-0.39, 0.29) is 24.4 Å². The number of rotatable bonds is 6. The molecule has 0 aliphatic heterocycles. The first kappa shape index (κ1) is 21.6. The maximum atomic E-state index is 12.8. The molecule has 1 aliphatic rings. The van der Waals surface area contributed by atoms with Crippen LogP contribution in [-0.2, 0) is 30.3 Å². The van der Waals surface area contributed by atoms with E-state index >= 15 is 0 Å². The molecule has 0 aromatic heterocycles. The van der Waals surface area contributed by atoms with E-state index < -0.39 is 21.6 Å². The molecule has 0 N–H and O–H groups in total. The normalized spacial score (nSPS) is 13.8. The number of allylic oxidation sites excluding steroid dienone is 1. The molecule has 0 radical (unpaired) electrons. The summed E-state index contributed by atoms with van der Waals surface area (Å²) in [7, 11) is -5.79. The van der Waals surface area contributed by atoms with Crippen LogP contribution in [0.2, 0.25) is 0 Å². The van der Waals surface area contributed by atoms with Crippen molar-refractivity contribution in [1.82, 2.24) is 0 Å². The molecule has 0 fully saturated rings. The number of benzene rings is 2. The lowest BCUT2D eigenvalue weighted by Gasteiger charge is -2.15. The number of ether oxygens (including phenoxy) is 1. The summed E-state index contributed by atoms with van der Waals surface area (Å²) in [6.07, 6.45) is 4.37. The van der Waals surface area contributed by atoms with Gasteiger partial charge in [0.05, 0.1) is 6.61 Å². The Hall–Kier alpha value is -3.07. The Labute approximate surface area is 171 Å². The maximum Gasteiger partial charge on any atom is 0.534 e. The molecule has 1 aliphatic carbocycles. The van der Waals surface area contributed by atoms with Gasteiger partial charge in [-0.3, -0.25) is 0 Å². The van der Waals surface area contributed by atoms with Gasteiger partial charge in [0.1, 0.15) is 5.76 Å². The molecule has 0 amide bonds. The SMILES string of the molecule is CCOC(=O)/C=C/c1cccc(-c2cccc3c2C(OS(=O)(=O)C(F)(F)F)=CC3)c1. The van der Waals surface area contributed by atoms with E-state index in [1.165, 1.54) is 12.2 Å². The number of hydrogen-bond acceptors (Lipinski definition) is 5. The van der Waals surface area contributed by atoms with Crippen molar-refractivity contribution in [3.8, 4) is 11.1 Å². The molecule has 0 saturated heterocycles. The molecule has 0 bridgehead atoms. The third-order valence-electron chi connectivity index (χ3n) is 4.28. The fourth-order valence-electron chi connectivity index (χ4n) is 3.01. The van der Waals surface area contributed by atoms with Crippen molar-refractivity contribution in [2.45, 2.75) is 18.9 Å². The number of alkyl halides is 3. The first-order valence-electron chi connectivity index (χ1n) is 8.91. The maximum absolute atomic E-state index is 12.8. The molecular weight excluding hydrogens is 421 g/mol. The molecule has 5 nitrogen and oxygen atoms in total. The van der Waals surface area contributed by atoms with E-state index in [1.54, 1.807) is 55.5 Å². The number of halogens is 3. The minimum atomic E-state index is -5.79. The smallest absolute Gasteiger partial charge is 0.463 e. The number of hydrogen-bond donors (Lipinski definition) is 0. The third kappa shape index (κ3) is 4.56. The predicted octanol–water partition coefficient (Wildman–Crippen LogP) is 4.69. The van der Waals surface area contributed by atoms with Gasteiger partial charge in [0, 0.05) is 11.6 Å². The van der Waals surface area contributed by atoms with Crippen LogP contribution in [0.25, 0.3) is 23.0 Å². The van der Waals surface area contributed by atoms with E-state index in [9.17, 15) is 26.4 Å². The Morgan fingerprint density at radius 2 is 1.90 bits per heavy atom. The molecule has 158 valence electrons. The molecule has 2 aromatic carbocycles. The first-order chi connectivity index (χ1) is 14.1. The average molecular weight is 438 g/mol. The molecule has 0 saturated carbocycles. The fourth-order valence-corrected chi connectivity index (χ4v) is 3.49. The van der Waals surface area contributed by atoms with Gasteiger partial charge < -0.3 is 8.92 Å². The zero-order chi connectivity index (χ0) is 21.9. The van der Waals surface area contributed by atoms with E-state index in [4.69, 9.17) is 4.74 Å². The Kier molecular flexibility index (Phi) is 6.02. The lowest BCUT2D eigenvalue weighted by Crippen LogP contribution is -2.25. The molecule has 0 spiro atoms. The highest BCUT2D eigenvalue weighted by molar-refractivity contribution is 7.87. The van der Waals surface area contributed by atoms with Crippen molar-refractivity contribution in [1.29, 1.82) is 0 Å². The quantitative estimate of drug-likeness (QED) is 0.283.